The molecule has 0 aliphatic heterocycles. The summed E-state index contributed by atoms with van der Waals surface area (Å²) < 4.78 is 28.5. The number of sulfonamides is 1. The van der Waals surface area contributed by atoms with Crippen molar-refractivity contribution in [3.05, 3.63) is 26.6 Å². The summed E-state index contributed by atoms with van der Waals surface area (Å²) in [5.74, 6) is 0.492. The largest absolute Gasteiger partial charge is 0.243 e. The highest BCUT2D eigenvalue weighted by molar-refractivity contribution is 9.11. The van der Waals surface area contributed by atoms with Crippen LogP contribution >= 0.6 is 31.9 Å². The van der Waals surface area contributed by atoms with Crippen molar-refractivity contribution in [1.29, 1.82) is 0 Å². The van der Waals surface area contributed by atoms with Crippen LogP contribution in [-0.2, 0) is 10.0 Å². The first-order valence-corrected chi connectivity index (χ1v) is 10.3. The third kappa shape index (κ3) is 4.09. The van der Waals surface area contributed by atoms with Gasteiger partial charge in [-0.15, -0.1) is 0 Å². The molecule has 118 valence electrons. The summed E-state index contributed by atoms with van der Waals surface area (Å²) in [4.78, 5) is 0.332. The molecule has 6 heteroatoms. The zero-order valence-corrected chi connectivity index (χ0v) is 16.4. The van der Waals surface area contributed by atoms with E-state index in [-0.39, 0.29) is 0 Å². The Morgan fingerprint density at radius 1 is 1.14 bits per heavy atom. The van der Waals surface area contributed by atoms with E-state index in [1.807, 2.05) is 13.0 Å². The molecular weight excluding hydrogens is 418 g/mol. The summed E-state index contributed by atoms with van der Waals surface area (Å²) in [5, 5.41) is 0. The van der Waals surface area contributed by atoms with Crippen LogP contribution in [0.1, 0.15) is 37.7 Å². The standard InChI is InChI=1S/C15H21Br2NO2S/c1-11-8-14(17)15(9-13(11)16)21(19,20)18(2)10-12-6-4-3-5-7-12/h8-9,12H,3-7,10H2,1-2H3. The number of aryl methyl sites for hydroxylation is 1. The Labute approximate surface area is 144 Å². The van der Waals surface area contributed by atoms with Crippen molar-refractivity contribution in [3.63, 3.8) is 0 Å². The molecule has 0 aromatic heterocycles. The van der Waals surface area contributed by atoms with Crippen LogP contribution in [0.2, 0.25) is 0 Å². The Morgan fingerprint density at radius 2 is 1.76 bits per heavy atom. The molecule has 1 fully saturated rings. The van der Waals surface area contributed by atoms with Gasteiger partial charge in [-0.25, -0.2) is 12.7 Å². The summed E-state index contributed by atoms with van der Waals surface area (Å²) in [6.45, 7) is 2.55. The van der Waals surface area contributed by atoms with Crippen LogP contribution in [0, 0.1) is 12.8 Å². The van der Waals surface area contributed by atoms with Crippen molar-refractivity contribution < 1.29 is 8.42 Å². The van der Waals surface area contributed by atoms with E-state index in [1.165, 1.54) is 23.6 Å². The Hall–Kier alpha value is 0.0900. The molecule has 0 bridgehead atoms. The van der Waals surface area contributed by atoms with Gasteiger partial charge in [0.2, 0.25) is 10.0 Å². The zero-order chi connectivity index (χ0) is 15.6. The molecule has 2 rings (SSSR count). The summed E-state index contributed by atoms with van der Waals surface area (Å²) in [5.41, 5.74) is 1.01. The Balaban J connectivity index is 2.22. The van der Waals surface area contributed by atoms with Gasteiger partial charge in [0.05, 0.1) is 4.90 Å². The van der Waals surface area contributed by atoms with Crippen molar-refractivity contribution in [2.75, 3.05) is 13.6 Å². The molecule has 21 heavy (non-hydrogen) atoms. The van der Waals surface area contributed by atoms with Gasteiger partial charge in [-0.1, -0.05) is 35.2 Å². The third-order valence-corrected chi connectivity index (χ3v) is 7.78. The molecule has 1 aliphatic carbocycles. The number of rotatable bonds is 4. The lowest BCUT2D eigenvalue weighted by atomic mass is 9.89. The number of benzene rings is 1. The van der Waals surface area contributed by atoms with Crippen molar-refractivity contribution >= 4 is 41.9 Å². The number of nitrogens with zero attached hydrogens (tertiary/aromatic N) is 1. The summed E-state index contributed by atoms with van der Waals surface area (Å²) >= 11 is 6.80. The van der Waals surface area contributed by atoms with Gasteiger partial charge in [0, 0.05) is 22.5 Å². The summed E-state index contributed by atoms with van der Waals surface area (Å²) in [7, 11) is -1.77. The lowest BCUT2D eigenvalue weighted by Crippen LogP contribution is -2.33. The van der Waals surface area contributed by atoms with Gasteiger partial charge in [-0.2, -0.15) is 0 Å². The Morgan fingerprint density at radius 3 is 2.38 bits per heavy atom. The molecule has 0 spiro atoms. The minimum Gasteiger partial charge on any atom is -0.207 e. The topological polar surface area (TPSA) is 37.4 Å². The van der Waals surface area contributed by atoms with Crippen molar-refractivity contribution in [3.8, 4) is 0 Å². The zero-order valence-electron chi connectivity index (χ0n) is 12.4. The Bertz CT molecular complexity index is 610. The summed E-state index contributed by atoms with van der Waals surface area (Å²) in [6.07, 6.45) is 6.00. The van der Waals surface area contributed by atoms with E-state index < -0.39 is 10.0 Å². The normalized spacial score (nSPS) is 17.4. The van der Waals surface area contributed by atoms with Crippen LogP contribution in [0.15, 0.2) is 26.0 Å². The number of hydrogen-bond donors (Lipinski definition) is 0. The van der Waals surface area contributed by atoms with Crippen LogP contribution in [0.4, 0.5) is 0 Å². The van der Waals surface area contributed by atoms with Crippen molar-refractivity contribution in [1.82, 2.24) is 4.31 Å². The van der Waals surface area contributed by atoms with Gasteiger partial charge < -0.3 is 0 Å². The average molecular weight is 439 g/mol. The predicted octanol–water partition coefficient (Wildman–Crippen LogP) is 4.72. The van der Waals surface area contributed by atoms with Gasteiger partial charge in [-0.3, -0.25) is 0 Å². The van der Waals surface area contributed by atoms with E-state index in [2.05, 4.69) is 31.9 Å². The monoisotopic (exact) mass is 437 g/mol. The van der Waals surface area contributed by atoms with E-state index >= 15 is 0 Å². The molecule has 0 radical (unpaired) electrons. The first kappa shape index (κ1) is 17.4. The average Bonchev–Trinajstić information content (AvgIpc) is 2.43. The van der Waals surface area contributed by atoms with Crippen LogP contribution in [0.25, 0.3) is 0 Å². The second-order valence-electron chi connectivity index (χ2n) is 5.82. The van der Waals surface area contributed by atoms with E-state index in [0.717, 1.165) is 22.9 Å². The van der Waals surface area contributed by atoms with Crippen molar-refractivity contribution in [2.24, 2.45) is 5.92 Å². The lowest BCUT2D eigenvalue weighted by molar-refractivity contribution is 0.300. The first-order chi connectivity index (χ1) is 9.82. The number of halogens is 2. The maximum Gasteiger partial charge on any atom is 0.243 e. The second-order valence-corrected chi connectivity index (χ2v) is 9.54. The minimum absolute atomic E-state index is 0.332. The summed E-state index contributed by atoms with van der Waals surface area (Å²) in [6, 6.07) is 3.53. The molecular formula is C15H21Br2NO2S. The predicted molar refractivity (Wildman–Crippen MR) is 93.0 cm³/mol. The molecule has 0 amide bonds. The SMILES string of the molecule is Cc1cc(Br)c(S(=O)(=O)N(C)CC2CCCCC2)cc1Br. The third-order valence-electron chi connectivity index (χ3n) is 4.14. The molecule has 1 aromatic carbocycles. The van der Waals surface area contributed by atoms with Gasteiger partial charge >= 0.3 is 0 Å². The smallest absolute Gasteiger partial charge is 0.207 e. The van der Waals surface area contributed by atoms with E-state index in [9.17, 15) is 8.42 Å². The van der Waals surface area contributed by atoms with Crippen LogP contribution < -0.4 is 0 Å². The molecule has 0 heterocycles. The van der Waals surface area contributed by atoms with E-state index in [0.29, 0.717) is 21.8 Å². The molecule has 3 nitrogen and oxygen atoms in total. The molecule has 1 saturated carbocycles. The molecule has 0 saturated heterocycles. The fourth-order valence-electron chi connectivity index (χ4n) is 2.83. The van der Waals surface area contributed by atoms with Crippen LogP contribution in [0.5, 0.6) is 0 Å². The molecule has 0 atom stereocenters. The second kappa shape index (κ2) is 7.11. The van der Waals surface area contributed by atoms with Crippen molar-refractivity contribution in [2.45, 2.75) is 43.9 Å². The Kier molecular flexibility index (Phi) is 5.91. The first-order valence-electron chi connectivity index (χ1n) is 7.24. The highest BCUT2D eigenvalue weighted by Gasteiger charge is 2.27. The highest BCUT2D eigenvalue weighted by Crippen LogP contribution is 2.32. The quantitative estimate of drug-likeness (QED) is 0.681. The maximum atomic E-state index is 12.8. The minimum atomic E-state index is -3.45. The molecule has 1 aromatic rings. The number of hydrogen-bond acceptors (Lipinski definition) is 2. The molecule has 1 aliphatic rings. The fraction of sp³-hybridized carbons (Fsp3) is 0.600. The van der Waals surface area contributed by atoms with E-state index in [4.69, 9.17) is 0 Å². The lowest BCUT2D eigenvalue weighted by Gasteiger charge is -2.27. The van der Waals surface area contributed by atoms with Gasteiger partial charge in [0.15, 0.2) is 0 Å². The van der Waals surface area contributed by atoms with Crippen LogP contribution in [-0.4, -0.2) is 26.3 Å². The van der Waals surface area contributed by atoms with Gasteiger partial charge in [0.25, 0.3) is 0 Å². The molecule has 0 N–H and O–H groups in total. The van der Waals surface area contributed by atoms with Crippen LogP contribution in [0.3, 0.4) is 0 Å². The molecule has 0 unspecified atom stereocenters. The maximum absolute atomic E-state index is 12.8. The highest BCUT2D eigenvalue weighted by atomic mass is 79.9. The van der Waals surface area contributed by atoms with Gasteiger partial charge in [-0.05, 0) is 59.3 Å². The van der Waals surface area contributed by atoms with E-state index in [1.54, 1.807) is 13.1 Å². The van der Waals surface area contributed by atoms with Gasteiger partial charge in [0.1, 0.15) is 0 Å². The fourth-order valence-corrected chi connectivity index (χ4v) is 5.71.